The fourth-order valence-electron chi connectivity index (χ4n) is 5.49. The predicted octanol–water partition coefficient (Wildman–Crippen LogP) is 3.55. The van der Waals surface area contributed by atoms with Gasteiger partial charge in [-0.15, -0.1) is 10.2 Å². The average Bonchev–Trinajstić information content (AvgIpc) is 3.15. The fourth-order valence-corrected chi connectivity index (χ4v) is 6.45. The van der Waals surface area contributed by atoms with Crippen molar-refractivity contribution in [3.63, 3.8) is 0 Å². The highest BCUT2D eigenvalue weighted by atomic mass is 32.1. The monoisotopic (exact) mass is 344 g/mol. The van der Waals surface area contributed by atoms with E-state index < -0.39 is 0 Å². The normalized spacial score (nSPS) is 33.8. The third-order valence-corrected chi connectivity index (χ3v) is 7.07. The van der Waals surface area contributed by atoms with E-state index in [1.54, 1.807) is 13.0 Å². The molecule has 2 heterocycles. The summed E-state index contributed by atoms with van der Waals surface area (Å²) in [5.74, 6) is 2.50. The minimum absolute atomic E-state index is 0.207. The second-order valence-corrected chi connectivity index (χ2v) is 8.87. The fraction of sp³-hybridized carbons (Fsp3) is 0.647. The number of amides is 1. The number of nitrogens with zero attached hydrogens (tertiary/aromatic N) is 3. The van der Waals surface area contributed by atoms with Crippen molar-refractivity contribution in [3.8, 4) is 0 Å². The molecule has 0 aromatic carbocycles. The number of aromatic nitrogens is 3. The molecule has 4 bridgehead atoms. The highest BCUT2D eigenvalue weighted by Crippen LogP contribution is 2.61. The van der Waals surface area contributed by atoms with Gasteiger partial charge < -0.3 is 4.52 Å². The molecule has 1 amide bonds. The zero-order valence-corrected chi connectivity index (χ0v) is 14.4. The van der Waals surface area contributed by atoms with E-state index >= 15 is 0 Å². The van der Waals surface area contributed by atoms with Gasteiger partial charge in [-0.1, -0.05) is 16.5 Å². The van der Waals surface area contributed by atoms with E-state index in [1.807, 2.05) is 0 Å². The summed E-state index contributed by atoms with van der Waals surface area (Å²) in [4.78, 5) is 12.2. The molecule has 0 aliphatic heterocycles. The topological polar surface area (TPSA) is 80.9 Å². The van der Waals surface area contributed by atoms with Gasteiger partial charge in [0.25, 0.3) is 5.91 Å². The lowest BCUT2D eigenvalue weighted by Gasteiger charge is -2.55. The Bertz CT molecular complexity index is 761. The second kappa shape index (κ2) is 5.12. The molecule has 2 aromatic rings. The molecule has 2 aromatic heterocycles. The Balaban J connectivity index is 1.37. The van der Waals surface area contributed by atoms with Crippen LogP contribution in [0.1, 0.15) is 59.8 Å². The lowest BCUT2D eigenvalue weighted by Crippen LogP contribution is -2.48. The Kier molecular flexibility index (Phi) is 3.11. The molecule has 0 atom stereocenters. The standard InChI is InChI=1S/C17H20N4O2S/c1-9-2-13(23-21-9)14(22)18-16-20-19-15(24-16)17-6-10-3-11(7-17)5-12(4-10)8-17/h2,10-12H,3-8H2,1H3,(H,18,20,22). The largest absolute Gasteiger partial charge is 0.351 e. The number of anilines is 1. The van der Waals surface area contributed by atoms with Gasteiger partial charge in [-0.3, -0.25) is 10.1 Å². The summed E-state index contributed by atoms with van der Waals surface area (Å²) in [6.45, 7) is 1.79. The summed E-state index contributed by atoms with van der Waals surface area (Å²) >= 11 is 1.53. The van der Waals surface area contributed by atoms with Gasteiger partial charge in [0, 0.05) is 11.5 Å². The van der Waals surface area contributed by atoms with Crippen LogP contribution in [-0.2, 0) is 5.41 Å². The summed E-state index contributed by atoms with van der Waals surface area (Å²) in [6, 6.07) is 1.62. The molecule has 4 aliphatic rings. The summed E-state index contributed by atoms with van der Waals surface area (Å²) in [7, 11) is 0. The molecule has 4 aliphatic carbocycles. The zero-order chi connectivity index (χ0) is 16.3. The molecule has 126 valence electrons. The Hall–Kier alpha value is -1.76. The summed E-state index contributed by atoms with van der Waals surface area (Å²) in [6.07, 6.45) is 7.99. The first-order valence-corrected chi connectivity index (χ1v) is 9.50. The SMILES string of the molecule is Cc1cc(C(=O)Nc2nnc(C34CC5CC(CC(C5)C3)C4)s2)on1. The summed E-state index contributed by atoms with van der Waals surface area (Å²) in [5.41, 5.74) is 0.907. The van der Waals surface area contributed by atoms with Gasteiger partial charge in [0.15, 0.2) is 0 Å². The Labute approximate surface area is 144 Å². The number of hydrogen-bond donors (Lipinski definition) is 1. The van der Waals surface area contributed by atoms with Gasteiger partial charge >= 0.3 is 0 Å². The van der Waals surface area contributed by atoms with E-state index in [0.29, 0.717) is 10.8 Å². The van der Waals surface area contributed by atoms with Crippen molar-refractivity contribution in [2.24, 2.45) is 17.8 Å². The molecule has 6 rings (SSSR count). The van der Waals surface area contributed by atoms with Gasteiger partial charge in [0.1, 0.15) is 5.01 Å². The van der Waals surface area contributed by atoms with Crippen molar-refractivity contribution < 1.29 is 9.32 Å². The van der Waals surface area contributed by atoms with Crippen molar-refractivity contribution in [1.29, 1.82) is 0 Å². The minimum atomic E-state index is -0.316. The van der Waals surface area contributed by atoms with Crippen LogP contribution in [0.4, 0.5) is 5.13 Å². The first-order chi connectivity index (χ1) is 11.6. The van der Waals surface area contributed by atoms with E-state index in [2.05, 4.69) is 20.7 Å². The van der Waals surface area contributed by atoms with Gasteiger partial charge in [0.2, 0.25) is 10.9 Å². The van der Waals surface area contributed by atoms with Crippen LogP contribution >= 0.6 is 11.3 Å². The van der Waals surface area contributed by atoms with Crippen LogP contribution in [0.25, 0.3) is 0 Å². The van der Waals surface area contributed by atoms with E-state index in [9.17, 15) is 4.79 Å². The van der Waals surface area contributed by atoms with Gasteiger partial charge in [0.05, 0.1) is 5.69 Å². The number of hydrogen-bond acceptors (Lipinski definition) is 6. The van der Waals surface area contributed by atoms with Crippen molar-refractivity contribution in [1.82, 2.24) is 15.4 Å². The molecule has 0 unspecified atom stereocenters. The molecular formula is C17H20N4O2S. The number of rotatable bonds is 3. The van der Waals surface area contributed by atoms with Gasteiger partial charge in [-0.25, -0.2) is 0 Å². The Morgan fingerprint density at radius 2 is 1.88 bits per heavy atom. The van der Waals surface area contributed by atoms with Crippen molar-refractivity contribution in [2.45, 2.75) is 50.9 Å². The Morgan fingerprint density at radius 3 is 2.46 bits per heavy atom. The van der Waals surface area contributed by atoms with Gasteiger partial charge in [-0.2, -0.15) is 0 Å². The van der Waals surface area contributed by atoms with Gasteiger partial charge in [-0.05, 0) is 63.2 Å². The van der Waals surface area contributed by atoms with Crippen LogP contribution in [0.5, 0.6) is 0 Å². The quantitative estimate of drug-likeness (QED) is 0.921. The number of aryl methyl sites for hydroxylation is 1. The average molecular weight is 344 g/mol. The molecule has 0 saturated heterocycles. The first kappa shape index (κ1) is 14.6. The number of carbonyl (C=O) groups is 1. The molecule has 4 saturated carbocycles. The van der Waals surface area contributed by atoms with Crippen LogP contribution in [-0.4, -0.2) is 21.3 Å². The van der Waals surface area contributed by atoms with E-state index in [1.165, 1.54) is 49.9 Å². The first-order valence-electron chi connectivity index (χ1n) is 8.68. The zero-order valence-electron chi connectivity index (χ0n) is 13.6. The lowest BCUT2D eigenvalue weighted by atomic mass is 9.50. The maximum absolute atomic E-state index is 12.2. The van der Waals surface area contributed by atoms with E-state index in [-0.39, 0.29) is 17.1 Å². The third kappa shape index (κ3) is 2.29. The predicted molar refractivity (Wildman–Crippen MR) is 89.0 cm³/mol. The molecule has 1 N–H and O–H groups in total. The maximum Gasteiger partial charge on any atom is 0.296 e. The second-order valence-electron chi connectivity index (χ2n) is 7.90. The molecule has 6 nitrogen and oxygen atoms in total. The highest BCUT2D eigenvalue weighted by Gasteiger charge is 2.53. The number of carbonyl (C=O) groups excluding carboxylic acids is 1. The molecule has 4 fully saturated rings. The summed E-state index contributed by atoms with van der Waals surface area (Å²) in [5, 5.41) is 16.9. The maximum atomic E-state index is 12.2. The molecule has 0 radical (unpaired) electrons. The molecule has 0 spiro atoms. The highest BCUT2D eigenvalue weighted by molar-refractivity contribution is 7.15. The van der Waals surface area contributed by atoms with Crippen LogP contribution in [0.2, 0.25) is 0 Å². The van der Waals surface area contributed by atoms with Crippen LogP contribution in [0.15, 0.2) is 10.6 Å². The van der Waals surface area contributed by atoms with Crippen molar-refractivity contribution in [3.05, 3.63) is 22.5 Å². The van der Waals surface area contributed by atoms with Crippen molar-refractivity contribution >= 4 is 22.4 Å². The smallest absolute Gasteiger partial charge is 0.296 e. The minimum Gasteiger partial charge on any atom is -0.351 e. The summed E-state index contributed by atoms with van der Waals surface area (Å²) < 4.78 is 5.00. The van der Waals surface area contributed by atoms with E-state index in [0.717, 1.165) is 22.8 Å². The molecule has 7 heteroatoms. The Morgan fingerprint density at radius 1 is 1.21 bits per heavy atom. The van der Waals surface area contributed by atoms with Crippen LogP contribution < -0.4 is 5.32 Å². The third-order valence-electron chi connectivity index (χ3n) is 5.99. The lowest BCUT2D eigenvalue weighted by molar-refractivity contribution is -0.00555. The molecular weight excluding hydrogens is 324 g/mol. The van der Waals surface area contributed by atoms with Crippen LogP contribution in [0, 0.1) is 24.7 Å². The van der Waals surface area contributed by atoms with Crippen molar-refractivity contribution in [2.75, 3.05) is 5.32 Å². The van der Waals surface area contributed by atoms with Crippen LogP contribution in [0.3, 0.4) is 0 Å². The number of nitrogens with one attached hydrogen (secondary N) is 1. The molecule has 24 heavy (non-hydrogen) atoms. The van der Waals surface area contributed by atoms with E-state index in [4.69, 9.17) is 4.52 Å².